The summed E-state index contributed by atoms with van der Waals surface area (Å²) in [5.41, 5.74) is 0. The SMILES string of the molecule is CC(=O)SC1=NC(=O)CS1. The van der Waals surface area contributed by atoms with Crippen LogP contribution >= 0.6 is 23.5 Å². The van der Waals surface area contributed by atoms with Gasteiger partial charge in [0, 0.05) is 6.92 Å². The topological polar surface area (TPSA) is 46.5 Å². The summed E-state index contributed by atoms with van der Waals surface area (Å²) in [4.78, 5) is 24.6. The van der Waals surface area contributed by atoms with Gasteiger partial charge in [0.2, 0.25) is 0 Å². The fourth-order valence-corrected chi connectivity index (χ4v) is 2.10. The van der Waals surface area contributed by atoms with E-state index < -0.39 is 0 Å². The number of amides is 1. The normalized spacial score (nSPS) is 17.3. The molecule has 0 bridgehead atoms. The molecule has 0 fully saturated rings. The van der Waals surface area contributed by atoms with Crippen molar-refractivity contribution in [3.63, 3.8) is 0 Å². The van der Waals surface area contributed by atoms with Crippen molar-refractivity contribution in [2.24, 2.45) is 4.99 Å². The van der Waals surface area contributed by atoms with E-state index >= 15 is 0 Å². The van der Waals surface area contributed by atoms with E-state index in [-0.39, 0.29) is 11.0 Å². The largest absolute Gasteiger partial charge is 0.287 e. The highest BCUT2D eigenvalue weighted by molar-refractivity contribution is 8.45. The first-order valence-corrected chi connectivity index (χ1v) is 4.41. The highest BCUT2D eigenvalue weighted by Crippen LogP contribution is 2.22. The van der Waals surface area contributed by atoms with Gasteiger partial charge in [0.15, 0.2) is 5.12 Å². The number of thioether (sulfide) groups is 2. The third-order valence-corrected chi connectivity index (χ3v) is 2.65. The first kappa shape index (κ1) is 7.81. The Kier molecular flexibility index (Phi) is 2.50. The van der Waals surface area contributed by atoms with E-state index in [4.69, 9.17) is 0 Å². The van der Waals surface area contributed by atoms with Crippen LogP contribution in [-0.2, 0) is 9.59 Å². The second kappa shape index (κ2) is 3.21. The van der Waals surface area contributed by atoms with Crippen molar-refractivity contribution in [2.75, 3.05) is 5.75 Å². The molecule has 5 heteroatoms. The van der Waals surface area contributed by atoms with Crippen molar-refractivity contribution in [2.45, 2.75) is 6.92 Å². The summed E-state index contributed by atoms with van der Waals surface area (Å²) in [6.07, 6.45) is 0. The zero-order valence-corrected chi connectivity index (χ0v) is 6.92. The molecule has 10 heavy (non-hydrogen) atoms. The lowest BCUT2D eigenvalue weighted by atomic mass is 10.8. The lowest BCUT2D eigenvalue weighted by Crippen LogP contribution is -1.87. The van der Waals surface area contributed by atoms with Gasteiger partial charge in [-0.1, -0.05) is 11.8 Å². The van der Waals surface area contributed by atoms with Crippen molar-refractivity contribution in [3.05, 3.63) is 0 Å². The van der Waals surface area contributed by atoms with Gasteiger partial charge < -0.3 is 0 Å². The molecule has 0 atom stereocenters. The van der Waals surface area contributed by atoms with Crippen molar-refractivity contribution >= 4 is 38.9 Å². The number of rotatable bonds is 0. The highest BCUT2D eigenvalue weighted by atomic mass is 32.2. The van der Waals surface area contributed by atoms with Crippen LogP contribution in [0.1, 0.15) is 6.92 Å². The predicted molar refractivity (Wildman–Crippen MR) is 43.2 cm³/mol. The summed E-state index contributed by atoms with van der Waals surface area (Å²) in [5.74, 6) is 0.240. The minimum Gasteiger partial charge on any atom is -0.287 e. The Labute approximate surface area is 66.7 Å². The van der Waals surface area contributed by atoms with Gasteiger partial charge in [0.25, 0.3) is 5.91 Å². The molecule has 0 saturated carbocycles. The van der Waals surface area contributed by atoms with E-state index in [2.05, 4.69) is 4.99 Å². The molecular formula is C5H5NO2S2. The molecule has 1 heterocycles. The van der Waals surface area contributed by atoms with E-state index in [1.165, 1.54) is 18.7 Å². The zero-order chi connectivity index (χ0) is 7.56. The van der Waals surface area contributed by atoms with Crippen LogP contribution < -0.4 is 0 Å². The van der Waals surface area contributed by atoms with Gasteiger partial charge in [-0.05, 0) is 11.8 Å². The lowest BCUT2D eigenvalue weighted by Gasteiger charge is -1.88. The smallest absolute Gasteiger partial charge is 0.257 e. The molecule has 0 aliphatic carbocycles. The summed E-state index contributed by atoms with van der Waals surface area (Å²) in [6, 6.07) is 0. The first-order valence-electron chi connectivity index (χ1n) is 2.61. The molecule has 0 radical (unpaired) electrons. The van der Waals surface area contributed by atoms with Crippen molar-refractivity contribution < 1.29 is 9.59 Å². The van der Waals surface area contributed by atoms with E-state index in [0.29, 0.717) is 10.1 Å². The number of aliphatic imine (C=N–C) groups is 1. The number of hydrogen-bond donors (Lipinski definition) is 0. The maximum atomic E-state index is 10.5. The maximum Gasteiger partial charge on any atom is 0.257 e. The van der Waals surface area contributed by atoms with Crippen LogP contribution in [-0.4, -0.2) is 21.2 Å². The Balaban J connectivity index is 2.50. The van der Waals surface area contributed by atoms with E-state index in [9.17, 15) is 9.59 Å². The summed E-state index contributed by atoms with van der Waals surface area (Å²) >= 11 is 2.34. The van der Waals surface area contributed by atoms with Gasteiger partial charge in [0.1, 0.15) is 4.38 Å². The summed E-state index contributed by atoms with van der Waals surface area (Å²) in [5, 5.41) is -0.0269. The van der Waals surface area contributed by atoms with E-state index in [1.807, 2.05) is 0 Å². The van der Waals surface area contributed by atoms with Gasteiger partial charge in [0.05, 0.1) is 5.75 Å². The third-order valence-electron chi connectivity index (χ3n) is 0.766. The standard InChI is InChI=1S/C5H5NO2S2/c1-3(7)10-5-6-4(8)2-9-5/h2H2,1H3. The van der Waals surface area contributed by atoms with E-state index in [0.717, 1.165) is 11.8 Å². The van der Waals surface area contributed by atoms with Gasteiger partial charge in [-0.25, -0.2) is 0 Å². The highest BCUT2D eigenvalue weighted by Gasteiger charge is 2.16. The molecule has 1 aliphatic rings. The van der Waals surface area contributed by atoms with Gasteiger partial charge in [-0.15, -0.1) is 0 Å². The molecule has 0 aromatic carbocycles. The van der Waals surface area contributed by atoms with Crippen LogP contribution in [0.5, 0.6) is 0 Å². The molecule has 0 saturated heterocycles. The van der Waals surface area contributed by atoms with Crippen LogP contribution in [0, 0.1) is 0 Å². The van der Waals surface area contributed by atoms with Crippen LogP contribution in [0.2, 0.25) is 0 Å². The van der Waals surface area contributed by atoms with E-state index in [1.54, 1.807) is 0 Å². The minimum absolute atomic E-state index is 0.0269. The summed E-state index contributed by atoms with van der Waals surface area (Å²) < 4.78 is 0.581. The number of nitrogens with zero attached hydrogens (tertiary/aromatic N) is 1. The molecular weight excluding hydrogens is 170 g/mol. The van der Waals surface area contributed by atoms with Gasteiger partial charge in [-0.2, -0.15) is 4.99 Å². The van der Waals surface area contributed by atoms with Crippen LogP contribution in [0.3, 0.4) is 0 Å². The number of hydrogen-bond acceptors (Lipinski definition) is 4. The monoisotopic (exact) mass is 175 g/mol. The molecule has 0 N–H and O–H groups in total. The summed E-state index contributed by atoms with van der Waals surface area (Å²) in [6.45, 7) is 1.45. The Morgan fingerprint density at radius 2 is 2.50 bits per heavy atom. The molecule has 1 aliphatic heterocycles. The Bertz CT molecular complexity index is 212. The van der Waals surface area contributed by atoms with Crippen LogP contribution in [0.15, 0.2) is 4.99 Å². The molecule has 0 aromatic rings. The first-order chi connectivity index (χ1) is 4.68. The van der Waals surface area contributed by atoms with Crippen molar-refractivity contribution in [1.82, 2.24) is 0 Å². The molecule has 54 valence electrons. The Morgan fingerprint density at radius 1 is 1.80 bits per heavy atom. The molecule has 0 spiro atoms. The third kappa shape index (κ3) is 2.15. The Morgan fingerprint density at radius 3 is 2.90 bits per heavy atom. The number of carbonyl (C=O) groups is 2. The predicted octanol–water partition coefficient (Wildman–Crippen LogP) is 0.896. The second-order valence-corrected chi connectivity index (χ2v) is 4.04. The maximum absolute atomic E-state index is 10.5. The van der Waals surface area contributed by atoms with Crippen LogP contribution in [0.4, 0.5) is 0 Å². The average Bonchev–Trinajstić information content (AvgIpc) is 2.13. The van der Waals surface area contributed by atoms with Gasteiger partial charge >= 0.3 is 0 Å². The quantitative estimate of drug-likeness (QED) is 0.548. The van der Waals surface area contributed by atoms with Crippen molar-refractivity contribution in [3.8, 4) is 0 Å². The number of carbonyl (C=O) groups excluding carboxylic acids is 2. The van der Waals surface area contributed by atoms with Gasteiger partial charge in [-0.3, -0.25) is 9.59 Å². The molecule has 1 amide bonds. The molecule has 1 rings (SSSR count). The fourth-order valence-electron chi connectivity index (χ4n) is 0.465. The average molecular weight is 175 g/mol. The Hall–Kier alpha value is -0.290. The van der Waals surface area contributed by atoms with Crippen molar-refractivity contribution in [1.29, 1.82) is 0 Å². The molecule has 3 nitrogen and oxygen atoms in total. The molecule has 0 aromatic heterocycles. The zero-order valence-electron chi connectivity index (χ0n) is 5.29. The molecule has 0 unspecified atom stereocenters. The minimum atomic E-state index is -0.145. The fraction of sp³-hybridized carbons (Fsp3) is 0.400. The van der Waals surface area contributed by atoms with Crippen LogP contribution in [0.25, 0.3) is 0 Å². The second-order valence-electron chi connectivity index (χ2n) is 1.65. The summed E-state index contributed by atoms with van der Waals surface area (Å²) in [7, 11) is 0. The lowest BCUT2D eigenvalue weighted by molar-refractivity contribution is -0.115.